The molecule has 1 saturated heterocycles. The number of aliphatic hydroxyl groups excluding tert-OH is 1. The number of carboxylic acid groups (broad SMARTS) is 1. The second-order valence-electron chi connectivity index (χ2n) is 5.30. The van der Waals surface area contributed by atoms with Crippen LogP contribution in [0.1, 0.15) is 6.92 Å². The number of anilines is 1. The molecule has 3 rings (SSSR count). The van der Waals surface area contributed by atoms with Gasteiger partial charge in [-0.2, -0.15) is 0 Å². The zero-order valence-corrected chi connectivity index (χ0v) is 16.3. The van der Waals surface area contributed by atoms with Crippen LogP contribution >= 0.6 is 11.8 Å². The van der Waals surface area contributed by atoms with Crippen molar-refractivity contribution >= 4 is 35.7 Å². The van der Waals surface area contributed by atoms with Crippen LogP contribution in [0.2, 0.25) is 0 Å². The molecule has 1 unspecified atom stereocenters. The first-order chi connectivity index (χ1) is 11.4. The number of β-lactam (4-membered cyclic amide) rings is 1. The minimum atomic E-state index is -1.52. The van der Waals surface area contributed by atoms with Crippen LogP contribution in [-0.4, -0.2) is 39.8 Å². The van der Waals surface area contributed by atoms with Gasteiger partial charge in [-0.3, -0.25) is 14.5 Å². The van der Waals surface area contributed by atoms with Crippen LogP contribution in [0.5, 0.6) is 5.75 Å². The number of thioether (sulfide) groups is 1. The van der Waals surface area contributed by atoms with Gasteiger partial charge in [0.05, 0.1) is 18.0 Å². The zero-order chi connectivity index (χ0) is 17.4. The van der Waals surface area contributed by atoms with Crippen molar-refractivity contribution in [2.45, 2.75) is 18.4 Å². The number of nitrogens with zero attached hydrogens (tertiary/aromatic N) is 1. The summed E-state index contributed by atoms with van der Waals surface area (Å²) in [5.74, 6) is -2.32. The van der Waals surface area contributed by atoms with E-state index in [1.54, 1.807) is 24.3 Å². The van der Waals surface area contributed by atoms with Crippen molar-refractivity contribution in [3.05, 3.63) is 35.1 Å². The van der Waals surface area contributed by atoms with Crippen LogP contribution in [0.25, 0.3) is 0 Å². The summed E-state index contributed by atoms with van der Waals surface area (Å²) in [6, 6.07) is 6.27. The largest absolute Gasteiger partial charge is 1.00 e. The summed E-state index contributed by atoms with van der Waals surface area (Å²) in [7, 11) is 0. The van der Waals surface area contributed by atoms with Crippen molar-refractivity contribution in [2.24, 2.45) is 5.92 Å². The van der Waals surface area contributed by atoms with Crippen LogP contribution < -0.4 is 44.7 Å². The summed E-state index contributed by atoms with van der Waals surface area (Å²) in [5.41, 5.74) is 0.223. The maximum atomic E-state index is 12.0. The number of hydrogen-bond donors (Lipinski definition) is 2. The molecule has 1 aromatic carbocycles. The van der Waals surface area contributed by atoms with Crippen molar-refractivity contribution < 1.29 is 58.9 Å². The number of rotatable bonds is 6. The van der Waals surface area contributed by atoms with Gasteiger partial charge < -0.3 is 25.1 Å². The Hall–Kier alpha value is -1.52. The Morgan fingerprint density at radius 2 is 2.08 bits per heavy atom. The first-order valence-corrected chi connectivity index (χ1v) is 7.93. The first kappa shape index (κ1) is 19.8. The van der Waals surface area contributed by atoms with Crippen LogP contribution in [-0.2, 0) is 14.4 Å². The fourth-order valence-electron chi connectivity index (χ4n) is 2.61. The van der Waals surface area contributed by atoms with E-state index in [9.17, 15) is 24.6 Å². The number of carbonyl (C=O) groups excluding carboxylic acids is 3. The van der Waals surface area contributed by atoms with Crippen molar-refractivity contribution in [3.63, 3.8) is 0 Å². The van der Waals surface area contributed by atoms with Gasteiger partial charge in [0.2, 0.25) is 12.3 Å². The van der Waals surface area contributed by atoms with Gasteiger partial charge >= 0.3 is 29.6 Å². The summed E-state index contributed by atoms with van der Waals surface area (Å²) in [6.07, 6.45) is -0.353. The second kappa shape index (κ2) is 7.79. The third kappa shape index (κ3) is 3.56. The van der Waals surface area contributed by atoms with E-state index in [1.165, 1.54) is 6.92 Å². The fraction of sp³-hybridized carbons (Fsp3) is 0.267. The van der Waals surface area contributed by atoms with Crippen molar-refractivity contribution in [1.29, 1.82) is 0 Å². The van der Waals surface area contributed by atoms with E-state index < -0.39 is 29.3 Å². The molecule has 2 aliphatic heterocycles. The van der Waals surface area contributed by atoms with Crippen molar-refractivity contribution in [2.75, 3.05) is 5.32 Å². The third-order valence-electron chi connectivity index (χ3n) is 3.75. The molecular formula is C15H13N2NaO6S. The Bertz CT molecular complexity index is 736. The molecule has 2 N–H and O–H groups in total. The van der Waals surface area contributed by atoms with Gasteiger partial charge in [0, 0.05) is 5.69 Å². The Morgan fingerprint density at radius 3 is 2.60 bits per heavy atom. The third-order valence-corrected chi connectivity index (χ3v) is 4.99. The number of carboxylic acids is 1. The van der Waals surface area contributed by atoms with E-state index in [0.717, 1.165) is 16.7 Å². The maximum Gasteiger partial charge on any atom is 1.00 e. The molecule has 3 atom stereocenters. The SMILES string of the molecule is CC(O)[C@H]1C(=O)N2C(C(=O)[O-])=C(Oc3ccc(NC=O)cc3)S[C@H]12.[Na+]. The van der Waals surface area contributed by atoms with Gasteiger partial charge in [0.1, 0.15) is 16.8 Å². The molecule has 10 heteroatoms. The molecule has 0 aliphatic carbocycles. The van der Waals surface area contributed by atoms with Crippen LogP contribution in [0, 0.1) is 5.92 Å². The molecule has 8 nitrogen and oxygen atoms in total. The molecular weight excluding hydrogens is 359 g/mol. The number of aliphatic carboxylic acids is 1. The molecule has 0 bridgehead atoms. The molecule has 1 fully saturated rings. The van der Waals surface area contributed by atoms with Gasteiger partial charge in [-0.05, 0) is 31.2 Å². The summed E-state index contributed by atoms with van der Waals surface area (Å²) in [5, 5.41) is 23.0. The summed E-state index contributed by atoms with van der Waals surface area (Å²) >= 11 is 1.06. The second-order valence-corrected chi connectivity index (χ2v) is 6.38. The van der Waals surface area contributed by atoms with E-state index >= 15 is 0 Å². The predicted octanol–water partition coefficient (Wildman–Crippen LogP) is -3.53. The zero-order valence-electron chi connectivity index (χ0n) is 13.5. The minimum Gasteiger partial charge on any atom is -0.543 e. The Labute approximate surface area is 169 Å². The summed E-state index contributed by atoms with van der Waals surface area (Å²) < 4.78 is 5.57. The van der Waals surface area contributed by atoms with Crippen LogP contribution in [0.4, 0.5) is 5.69 Å². The fourth-order valence-corrected chi connectivity index (χ4v) is 4.07. The molecule has 0 spiro atoms. The molecule has 25 heavy (non-hydrogen) atoms. The first-order valence-electron chi connectivity index (χ1n) is 7.05. The normalized spacial score (nSPS) is 22.5. The van der Waals surface area contributed by atoms with E-state index in [0.29, 0.717) is 17.8 Å². The number of hydrogen-bond acceptors (Lipinski definition) is 7. The average Bonchev–Trinajstić information content (AvgIpc) is 2.83. The average molecular weight is 372 g/mol. The maximum absolute atomic E-state index is 12.0. The van der Waals surface area contributed by atoms with Gasteiger partial charge in [0.15, 0.2) is 5.09 Å². The van der Waals surface area contributed by atoms with Crippen molar-refractivity contribution in [3.8, 4) is 5.75 Å². The topological polar surface area (TPSA) is 119 Å². The minimum absolute atomic E-state index is 0. The number of amides is 2. The number of carbonyl (C=O) groups is 3. The number of aliphatic hydroxyl groups is 1. The Kier molecular flexibility index (Phi) is 6.17. The predicted molar refractivity (Wildman–Crippen MR) is 82.2 cm³/mol. The number of benzene rings is 1. The number of ether oxygens (including phenoxy) is 1. The van der Waals surface area contributed by atoms with Crippen molar-refractivity contribution in [1.82, 2.24) is 4.90 Å². The molecule has 1 aromatic rings. The van der Waals surface area contributed by atoms with Crippen LogP contribution in [0.15, 0.2) is 35.1 Å². The van der Waals surface area contributed by atoms with E-state index in [-0.39, 0.29) is 40.3 Å². The standard InChI is InChI=1S/C15H14N2O6S.Na/c1-7(19)10-12(20)17-11(14(21)22)15(24-13(10)17)23-9-4-2-8(3-5-9)16-6-18;/h2-7,10,13,19H,1H3,(H,16,18)(H,21,22);/q;+1/p-1/t7?,10-,13+;/m0./s1. The Balaban J connectivity index is 0.00000225. The summed E-state index contributed by atoms with van der Waals surface area (Å²) in [4.78, 5) is 34.9. The smallest absolute Gasteiger partial charge is 0.543 e. The molecule has 0 aromatic heterocycles. The van der Waals surface area contributed by atoms with E-state index in [4.69, 9.17) is 4.74 Å². The molecule has 0 saturated carbocycles. The molecule has 2 aliphatic rings. The van der Waals surface area contributed by atoms with Gasteiger partial charge in [-0.15, -0.1) is 0 Å². The molecule has 126 valence electrons. The van der Waals surface area contributed by atoms with E-state index in [1.807, 2.05) is 0 Å². The van der Waals surface area contributed by atoms with Gasteiger partial charge in [-0.25, -0.2) is 0 Å². The van der Waals surface area contributed by atoms with Gasteiger partial charge in [-0.1, -0.05) is 11.8 Å². The quantitative estimate of drug-likeness (QED) is 0.302. The van der Waals surface area contributed by atoms with E-state index in [2.05, 4.69) is 5.32 Å². The summed E-state index contributed by atoms with van der Waals surface area (Å²) in [6.45, 7) is 1.48. The van der Waals surface area contributed by atoms with Gasteiger partial charge in [0.25, 0.3) is 0 Å². The molecule has 0 radical (unpaired) electrons. The molecule has 2 amide bonds. The monoisotopic (exact) mass is 372 g/mol. The number of fused-ring (bicyclic) bond motifs is 1. The number of nitrogens with one attached hydrogen (secondary N) is 1. The Morgan fingerprint density at radius 1 is 1.44 bits per heavy atom. The van der Waals surface area contributed by atoms with Crippen LogP contribution in [0.3, 0.4) is 0 Å². The molecule has 2 heterocycles.